The van der Waals surface area contributed by atoms with E-state index in [1.54, 1.807) is 0 Å². The molecular formula is C16H22BrNO2. The summed E-state index contributed by atoms with van der Waals surface area (Å²) < 4.78 is 12.5. The molecule has 4 heteroatoms. The number of hydrogen-bond donors (Lipinski definition) is 1. The molecule has 2 aliphatic rings. The fourth-order valence-electron chi connectivity index (χ4n) is 3.11. The van der Waals surface area contributed by atoms with Crippen LogP contribution in [0.5, 0.6) is 0 Å². The minimum absolute atomic E-state index is 0.307. The zero-order valence-corrected chi connectivity index (χ0v) is 13.5. The maximum atomic E-state index is 5.82. The third-order valence-electron chi connectivity index (χ3n) is 4.28. The summed E-state index contributed by atoms with van der Waals surface area (Å²) >= 11 is 3.61. The van der Waals surface area contributed by atoms with Crippen molar-refractivity contribution in [1.29, 1.82) is 0 Å². The summed E-state index contributed by atoms with van der Waals surface area (Å²) in [6.07, 6.45) is 2.56. The normalized spacial score (nSPS) is 28.5. The van der Waals surface area contributed by atoms with Crippen molar-refractivity contribution in [3.05, 3.63) is 33.8 Å². The highest BCUT2D eigenvalue weighted by Gasteiger charge is 2.25. The zero-order chi connectivity index (χ0) is 13.9. The molecule has 0 unspecified atom stereocenters. The molecular weight excluding hydrogens is 318 g/mol. The number of hydrogen-bond acceptors (Lipinski definition) is 3. The molecule has 1 aromatic carbocycles. The molecule has 0 radical (unpaired) electrons. The van der Waals surface area contributed by atoms with Gasteiger partial charge >= 0.3 is 0 Å². The molecule has 2 saturated heterocycles. The molecule has 0 spiro atoms. The second-order valence-corrected chi connectivity index (χ2v) is 6.68. The van der Waals surface area contributed by atoms with E-state index in [2.05, 4.69) is 46.4 Å². The second-order valence-electron chi connectivity index (χ2n) is 5.76. The van der Waals surface area contributed by atoms with Gasteiger partial charge in [-0.05, 0) is 48.9 Å². The number of halogens is 1. The number of rotatable bonds is 2. The quantitative estimate of drug-likeness (QED) is 0.895. The predicted molar refractivity (Wildman–Crippen MR) is 83.1 cm³/mol. The van der Waals surface area contributed by atoms with E-state index in [0.717, 1.165) is 43.7 Å². The van der Waals surface area contributed by atoms with Crippen LogP contribution in [0.1, 0.15) is 42.9 Å². The molecule has 0 amide bonds. The largest absolute Gasteiger partial charge is 0.381 e. The highest BCUT2D eigenvalue weighted by Crippen LogP contribution is 2.34. The van der Waals surface area contributed by atoms with E-state index >= 15 is 0 Å². The highest BCUT2D eigenvalue weighted by atomic mass is 79.9. The molecule has 0 aromatic heterocycles. The predicted octanol–water partition coefficient (Wildman–Crippen LogP) is 3.39. The smallest absolute Gasteiger partial charge is 0.0672 e. The van der Waals surface area contributed by atoms with Crippen LogP contribution in [-0.2, 0) is 9.47 Å². The van der Waals surface area contributed by atoms with Crippen molar-refractivity contribution in [2.75, 3.05) is 26.4 Å². The molecule has 110 valence electrons. The van der Waals surface area contributed by atoms with Crippen LogP contribution in [0.4, 0.5) is 0 Å². The molecule has 2 fully saturated rings. The van der Waals surface area contributed by atoms with Crippen LogP contribution >= 0.6 is 15.9 Å². The summed E-state index contributed by atoms with van der Waals surface area (Å²) in [7, 11) is 0. The first kappa shape index (κ1) is 14.5. The Morgan fingerprint density at radius 1 is 1.20 bits per heavy atom. The Morgan fingerprint density at radius 3 is 2.70 bits per heavy atom. The van der Waals surface area contributed by atoms with E-state index in [4.69, 9.17) is 9.47 Å². The molecule has 0 bridgehead atoms. The van der Waals surface area contributed by atoms with Crippen LogP contribution in [0.25, 0.3) is 0 Å². The third kappa shape index (κ3) is 3.25. The van der Waals surface area contributed by atoms with Gasteiger partial charge in [0, 0.05) is 24.2 Å². The van der Waals surface area contributed by atoms with Crippen molar-refractivity contribution in [2.45, 2.75) is 37.8 Å². The summed E-state index contributed by atoms with van der Waals surface area (Å²) in [5.74, 6) is 0.619. The first-order valence-electron chi connectivity index (χ1n) is 7.46. The maximum Gasteiger partial charge on any atom is 0.0672 e. The molecule has 0 aliphatic carbocycles. The Bertz CT molecular complexity index is 452. The summed E-state index contributed by atoms with van der Waals surface area (Å²) in [6, 6.07) is 6.99. The van der Waals surface area contributed by atoms with Crippen LogP contribution in [-0.4, -0.2) is 32.5 Å². The first-order chi connectivity index (χ1) is 9.74. The van der Waals surface area contributed by atoms with Gasteiger partial charge < -0.3 is 14.8 Å². The number of morpholine rings is 1. The van der Waals surface area contributed by atoms with Crippen LogP contribution < -0.4 is 5.32 Å². The zero-order valence-electron chi connectivity index (χ0n) is 11.9. The van der Waals surface area contributed by atoms with Gasteiger partial charge in [0.25, 0.3) is 0 Å². The fraction of sp³-hybridized carbons (Fsp3) is 0.625. The molecule has 20 heavy (non-hydrogen) atoms. The fourth-order valence-corrected chi connectivity index (χ4v) is 3.49. The minimum atomic E-state index is 0.307. The lowest BCUT2D eigenvalue weighted by molar-refractivity contribution is 0.0144. The van der Waals surface area contributed by atoms with E-state index in [1.807, 2.05) is 0 Å². The van der Waals surface area contributed by atoms with Crippen molar-refractivity contribution in [3.8, 4) is 0 Å². The standard InChI is InChI=1S/C16H22BrNO2/c1-11-9-18-16(10-20-11)15-8-13(17)2-3-14(15)12-4-6-19-7-5-12/h2-3,8,11-12,16,18H,4-7,9-10H2,1H3/t11-,16-/m0/s1. The molecule has 1 N–H and O–H groups in total. The van der Waals surface area contributed by atoms with Gasteiger partial charge in [0.05, 0.1) is 18.8 Å². The number of ether oxygens (including phenoxy) is 2. The number of benzene rings is 1. The number of nitrogens with one attached hydrogen (secondary N) is 1. The average molecular weight is 340 g/mol. The Balaban J connectivity index is 1.85. The van der Waals surface area contributed by atoms with Gasteiger partial charge in [0.15, 0.2) is 0 Å². The molecule has 3 nitrogen and oxygen atoms in total. The van der Waals surface area contributed by atoms with Crippen LogP contribution in [0.15, 0.2) is 22.7 Å². The minimum Gasteiger partial charge on any atom is -0.381 e. The molecule has 1 aromatic rings. The molecule has 3 rings (SSSR count). The van der Waals surface area contributed by atoms with Crippen molar-refractivity contribution >= 4 is 15.9 Å². The van der Waals surface area contributed by atoms with Crippen LogP contribution in [0, 0.1) is 0 Å². The molecule has 2 heterocycles. The summed E-state index contributed by atoms with van der Waals surface area (Å²) in [6.45, 7) is 5.55. The second kappa shape index (κ2) is 6.56. The van der Waals surface area contributed by atoms with E-state index in [9.17, 15) is 0 Å². The van der Waals surface area contributed by atoms with Gasteiger partial charge in [-0.2, -0.15) is 0 Å². The van der Waals surface area contributed by atoms with Crippen molar-refractivity contribution in [3.63, 3.8) is 0 Å². The average Bonchev–Trinajstić information content (AvgIpc) is 2.49. The highest BCUT2D eigenvalue weighted by molar-refractivity contribution is 9.10. The van der Waals surface area contributed by atoms with Crippen LogP contribution in [0.3, 0.4) is 0 Å². The van der Waals surface area contributed by atoms with Crippen molar-refractivity contribution < 1.29 is 9.47 Å². The van der Waals surface area contributed by atoms with Gasteiger partial charge in [0.2, 0.25) is 0 Å². The lowest BCUT2D eigenvalue weighted by Gasteiger charge is -2.32. The van der Waals surface area contributed by atoms with Gasteiger partial charge in [-0.3, -0.25) is 0 Å². The monoisotopic (exact) mass is 339 g/mol. The van der Waals surface area contributed by atoms with Gasteiger partial charge in [-0.15, -0.1) is 0 Å². The van der Waals surface area contributed by atoms with Crippen molar-refractivity contribution in [2.24, 2.45) is 0 Å². The van der Waals surface area contributed by atoms with Crippen molar-refractivity contribution in [1.82, 2.24) is 5.32 Å². The van der Waals surface area contributed by atoms with Gasteiger partial charge in [0.1, 0.15) is 0 Å². The maximum absolute atomic E-state index is 5.82. The Kier molecular flexibility index (Phi) is 4.76. The van der Waals surface area contributed by atoms with E-state index < -0.39 is 0 Å². The van der Waals surface area contributed by atoms with E-state index in [0.29, 0.717) is 18.1 Å². The van der Waals surface area contributed by atoms with E-state index in [1.165, 1.54) is 11.1 Å². The Labute approximate surface area is 129 Å². The Morgan fingerprint density at radius 2 is 2.00 bits per heavy atom. The molecule has 2 atom stereocenters. The van der Waals surface area contributed by atoms with Gasteiger partial charge in [-0.1, -0.05) is 22.0 Å². The summed E-state index contributed by atoms with van der Waals surface area (Å²) in [4.78, 5) is 0. The van der Waals surface area contributed by atoms with Gasteiger partial charge in [-0.25, -0.2) is 0 Å². The SMILES string of the molecule is C[C@H]1CN[C@H](c2cc(Br)ccc2C2CCOCC2)CO1. The third-order valence-corrected chi connectivity index (χ3v) is 4.78. The first-order valence-corrected chi connectivity index (χ1v) is 8.25. The summed E-state index contributed by atoms with van der Waals surface area (Å²) in [5.41, 5.74) is 2.85. The topological polar surface area (TPSA) is 30.5 Å². The lowest BCUT2D eigenvalue weighted by Crippen LogP contribution is -2.40. The molecule has 2 aliphatic heterocycles. The lowest BCUT2D eigenvalue weighted by atomic mass is 9.86. The van der Waals surface area contributed by atoms with Crippen LogP contribution in [0.2, 0.25) is 0 Å². The van der Waals surface area contributed by atoms with E-state index in [-0.39, 0.29) is 0 Å². The molecule has 0 saturated carbocycles. The summed E-state index contributed by atoms with van der Waals surface area (Å²) in [5, 5.41) is 3.61. The Hall–Kier alpha value is -0.420.